The standard InChI is InChI=1S/C15H14Cl2FNO3S/c1-9(10-3-5-11(18)6-4-10)19-23(20,21)13-8-7-12(22-2)14(16)15(13)17/h3-9,19H,1-2H3/t9-/m0/s1. The molecule has 1 atom stereocenters. The summed E-state index contributed by atoms with van der Waals surface area (Å²) in [6.45, 7) is 1.64. The first kappa shape index (κ1) is 18.0. The highest BCUT2D eigenvalue weighted by Gasteiger charge is 2.24. The summed E-state index contributed by atoms with van der Waals surface area (Å²) < 4.78 is 45.4. The fourth-order valence-corrected chi connectivity index (χ4v) is 4.07. The molecule has 2 aromatic carbocycles. The van der Waals surface area contributed by atoms with E-state index >= 15 is 0 Å². The van der Waals surface area contributed by atoms with Crippen LogP contribution in [0.25, 0.3) is 0 Å². The van der Waals surface area contributed by atoms with Crippen molar-refractivity contribution in [2.75, 3.05) is 7.11 Å². The van der Waals surface area contributed by atoms with Crippen LogP contribution >= 0.6 is 23.2 Å². The van der Waals surface area contributed by atoms with E-state index in [0.717, 1.165) is 0 Å². The fourth-order valence-electron chi connectivity index (χ4n) is 1.99. The Balaban J connectivity index is 2.32. The molecule has 1 N–H and O–H groups in total. The number of halogens is 3. The highest BCUT2D eigenvalue weighted by molar-refractivity contribution is 7.89. The zero-order chi connectivity index (χ0) is 17.2. The lowest BCUT2D eigenvalue weighted by atomic mass is 10.1. The van der Waals surface area contributed by atoms with Crippen LogP contribution in [0.2, 0.25) is 10.0 Å². The zero-order valence-electron chi connectivity index (χ0n) is 12.3. The SMILES string of the molecule is COc1ccc(S(=O)(=O)N[C@@H](C)c2ccc(F)cc2)c(Cl)c1Cl. The van der Waals surface area contributed by atoms with Crippen molar-refractivity contribution in [1.82, 2.24) is 4.72 Å². The van der Waals surface area contributed by atoms with Crippen LogP contribution in [0.4, 0.5) is 4.39 Å². The van der Waals surface area contributed by atoms with Crippen LogP contribution in [0, 0.1) is 5.82 Å². The number of rotatable bonds is 5. The Morgan fingerprint density at radius 1 is 1.09 bits per heavy atom. The van der Waals surface area contributed by atoms with Gasteiger partial charge in [-0.05, 0) is 36.8 Å². The Morgan fingerprint density at radius 2 is 1.70 bits per heavy atom. The quantitative estimate of drug-likeness (QED) is 0.849. The molecule has 8 heteroatoms. The minimum Gasteiger partial charge on any atom is -0.495 e. The van der Waals surface area contributed by atoms with E-state index in [2.05, 4.69) is 4.72 Å². The maximum atomic E-state index is 12.9. The molecule has 0 spiro atoms. The smallest absolute Gasteiger partial charge is 0.242 e. The van der Waals surface area contributed by atoms with Crippen molar-refractivity contribution in [3.8, 4) is 5.75 Å². The lowest BCUT2D eigenvalue weighted by Crippen LogP contribution is -2.27. The monoisotopic (exact) mass is 377 g/mol. The lowest BCUT2D eigenvalue weighted by molar-refractivity contribution is 0.414. The van der Waals surface area contributed by atoms with E-state index in [9.17, 15) is 12.8 Å². The van der Waals surface area contributed by atoms with Crippen molar-refractivity contribution in [3.63, 3.8) is 0 Å². The number of sulfonamides is 1. The molecule has 0 saturated heterocycles. The molecule has 23 heavy (non-hydrogen) atoms. The Bertz CT molecular complexity index is 810. The average molecular weight is 378 g/mol. The minimum atomic E-state index is -3.91. The Hall–Kier alpha value is -1.34. The molecule has 0 radical (unpaired) electrons. The van der Waals surface area contributed by atoms with Gasteiger partial charge in [-0.15, -0.1) is 0 Å². The van der Waals surface area contributed by atoms with E-state index in [4.69, 9.17) is 27.9 Å². The van der Waals surface area contributed by atoms with Gasteiger partial charge in [0.05, 0.1) is 12.1 Å². The summed E-state index contributed by atoms with van der Waals surface area (Å²) in [6.07, 6.45) is 0. The third kappa shape index (κ3) is 3.95. The van der Waals surface area contributed by atoms with Crippen LogP contribution in [0.5, 0.6) is 5.75 Å². The predicted octanol–water partition coefficient (Wildman–Crippen LogP) is 4.18. The number of nitrogens with one attached hydrogen (secondary N) is 1. The molecule has 0 aromatic heterocycles. The van der Waals surface area contributed by atoms with E-state index in [1.54, 1.807) is 6.92 Å². The van der Waals surface area contributed by atoms with E-state index in [1.807, 2.05) is 0 Å². The average Bonchev–Trinajstić information content (AvgIpc) is 2.49. The molecule has 2 aromatic rings. The van der Waals surface area contributed by atoms with Crippen LogP contribution in [0.3, 0.4) is 0 Å². The summed E-state index contributed by atoms with van der Waals surface area (Å²) in [6, 6.07) is 7.70. The topological polar surface area (TPSA) is 55.4 Å². The summed E-state index contributed by atoms with van der Waals surface area (Å²) in [4.78, 5) is -0.154. The van der Waals surface area contributed by atoms with Gasteiger partial charge in [-0.25, -0.2) is 17.5 Å². The minimum absolute atomic E-state index is 0.0199. The van der Waals surface area contributed by atoms with E-state index in [-0.39, 0.29) is 20.7 Å². The predicted molar refractivity (Wildman–Crippen MR) is 88.2 cm³/mol. The van der Waals surface area contributed by atoms with Crippen LogP contribution in [-0.4, -0.2) is 15.5 Å². The maximum absolute atomic E-state index is 12.9. The number of hydrogen-bond acceptors (Lipinski definition) is 3. The molecule has 0 aliphatic heterocycles. The molecule has 0 unspecified atom stereocenters. The largest absolute Gasteiger partial charge is 0.495 e. The van der Waals surface area contributed by atoms with Gasteiger partial charge >= 0.3 is 0 Å². The second kappa shape index (κ2) is 7.05. The van der Waals surface area contributed by atoms with E-state index in [0.29, 0.717) is 5.56 Å². The highest BCUT2D eigenvalue weighted by Crippen LogP contribution is 2.36. The third-order valence-corrected chi connectivity index (χ3v) is 5.78. The first-order valence-electron chi connectivity index (χ1n) is 6.56. The molecular weight excluding hydrogens is 364 g/mol. The van der Waals surface area contributed by atoms with Crippen molar-refractivity contribution in [1.29, 1.82) is 0 Å². The molecule has 0 aliphatic carbocycles. The van der Waals surface area contributed by atoms with E-state index < -0.39 is 21.9 Å². The molecule has 2 rings (SSSR count). The number of ether oxygens (including phenoxy) is 1. The molecule has 0 amide bonds. The van der Waals surface area contributed by atoms with Crippen LogP contribution in [0.15, 0.2) is 41.3 Å². The first-order chi connectivity index (χ1) is 10.8. The van der Waals surface area contributed by atoms with Crippen molar-refractivity contribution < 1.29 is 17.5 Å². The number of hydrogen-bond donors (Lipinski definition) is 1. The molecule has 0 fully saturated rings. The molecule has 124 valence electrons. The second-order valence-corrected chi connectivity index (χ2v) is 7.23. The normalized spacial score (nSPS) is 12.9. The van der Waals surface area contributed by atoms with Gasteiger partial charge in [0.1, 0.15) is 21.5 Å². The summed E-state index contributed by atoms with van der Waals surface area (Å²) in [5.74, 6) is -0.115. The zero-order valence-corrected chi connectivity index (χ0v) is 14.6. The summed E-state index contributed by atoms with van der Waals surface area (Å²) >= 11 is 12.0. The van der Waals surface area contributed by atoms with Gasteiger partial charge in [-0.1, -0.05) is 35.3 Å². The first-order valence-corrected chi connectivity index (χ1v) is 8.80. The molecular formula is C15H14Cl2FNO3S. The third-order valence-electron chi connectivity index (χ3n) is 3.22. The number of benzene rings is 2. The van der Waals surface area contributed by atoms with Crippen LogP contribution < -0.4 is 9.46 Å². The molecule has 0 heterocycles. The van der Waals surface area contributed by atoms with Crippen molar-refractivity contribution in [3.05, 3.63) is 57.8 Å². The fraction of sp³-hybridized carbons (Fsp3) is 0.200. The van der Waals surface area contributed by atoms with Gasteiger partial charge in [0.2, 0.25) is 10.0 Å². The van der Waals surface area contributed by atoms with Crippen molar-refractivity contribution in [2.24, 2.45) is 0 Å². The summed E-state index contributed by atoms with van der Waals surface area (Å²) in [5.41, 5.74) is 0.616. The molecule has 0 bridgehead atoms. The maximum Gasteiger partial charge on any atom is 0.242 e. The molecule has 0 saturated carbocycles. The van der Waals surface area contributed by atoms with Gasteiger partial charge in [-0.2, -0.15) is 0 Å². The summed E-state index contributed by atoms with van der Waals surface area (Å²) in [7, 11) is -2.51. The Morgan fingerprint density at radius 3 is 2.26 bits per heavy atom. The van der Waals surface area contributed by atoms with Gasteiger partial charge < -0.3 is 4.74 Å². The molecule has 0 aliphatic rings. The van der Waals surface area contributed by atoms with Gasteiger partial charge in [0.25, 0.3) is 0 Å². The van der Waals surface area contributed by atoms with Gasteiger partial charge in [0.15, 0.2) is 0 Å². The second-order valence-electron chi connectivity index (χ2n) is 4.79. The lowest BCUT2D eigenvalue weighted by Gasteiger charge is -2.16. The van der Waals surface area contributed by atoms with Crippen molar-refractivity contribution >= 4 is 33.2 Å². The molecule has 4 nitrogen and oxygen atoms in total. The Kier molecular flexibility index (Phi) is 5.52. The van der Waals surface area contributed by atoms with Crippen LogP contribution in [0.1, 0.15) is 18.5 Å². The van der Waals surface area contributed by atoms with Gasteiger partial charge in [0, 0.05) is 6.04 Å². The van der Waals surface area contributed by atoms with Crippen molar-refractivity contribution in [2.45, 2.75) is 17.9 Å². The Labute approximate surface area is 144 Å². The highest BCUT2D eigenvalue weighted by atomic mass is 35.5. The van der Waals surface area contributed by atoms with E-state index in [1.165, 1.54) is 43.5 Å². The van der Waals surface area contributed by atoms with Gasteiger partial charge in [-0.3, -0.25) is 0 Å². The number of methoxy groups -OCH3 is 1. The van der Waals surface area contributed by atoms with Crippen LogP contribution in [-0.2, 0) is 10.0 Å². The summed E-state index contributed by atoms with van der Waals surface area (Å²) in [5, 5.41) is -0.101.